The molecular weight excluding hydrogens is 325 g/mol. The molecule has 1 aliphatic rings. The summed E-state index contributed by atoms with van der Waals surface area (Å²) in [5.74, 6) is -0.0237. The van der Waals surface area contributed by atoms with E-state index in [1.54, 1.807) is 25.3 Å². The quantitative estimate of drug-likeness (QED) is 0.786. The highest BCUT2D eigenvalue weighted by Crippen LogP contribution is 2.41. The van der Waals surface area contributed by atoms with Gasteiger partial charge in [0.15, 0.2) is 18.1 Å². The minimum atomic E-state index is -1.08. The molecule has 136 valence electrons. The van der Waals surface area contributed by atoms with Crippen LogP contribution in [0.4, 0.5) is 4.79 Å². The normalized spacial score (nSPS) is 22.9. The molecule has 0 bridgehead atoms. The molecule has 1 saturated heterocycles. The SMILES string of the molecule is BC(=O)N1C(c2ccc(OC)cc2OC)OC(C(=O)O)[C@@H]1CC(C)C. The van der Waals surface area contributed by atoms with Crippen molar-refractivity contribution in [3.63, 3.8) is 0 Å². The van der Waals surface area contributed by atoms with E-state index in [9.17, 15) is 14.7 Å². The summed E-state index contributed by atoms with van der Waals surface area (Å²) in [7, 11) is 4.47. The first-order chi connectivity index (χ1) is 11.8. The Balaban J connectivity index is 2.48. The molecule has 1 aliphatic heterocycles. The Morgan fingerprint density at radius 1 is 1.32 bits per heavy atom. The van der Waals surface area contributed by atoms with Crippen molar-refractivity contribution in [2.24, 2.45) is 5.92 Å². The number of hydrogen-bond donors (Lipinski definition) is 1. The number of carboxylic acid groups (broad SMARTS) is 1. The number of carboxylic acids is 1. The number of rotatable bonds is 6. The summed E-state index contributed by atoms with van der Waals surface area (Å²) in [4.78, 5) is 25.5. The van der Waals surface area contributed by atoms with Gasteiger partial charge >= 0.3 is 5.97 Å². The van der Waals surface area contributed by atoms with Gasteiger partial charge in [0.05, 0.1) is 20.3 Å². The number of aliphatic carboxylic acids is 1. The van der Waals surface area contributed by atoms with Crippen LogP contribution in [0.2, 0.25) is 0 Å². The van der Waals surface area contributed by atoms with Crippen molar-refractivity contribution in [3.8, 4) is 11.5 Å². The second kappa shape index (κ2) is 7.78. The number of methoxy groups -OCH3 is 2. The predicted octanol–water partition coefficient (Wildman–Crippen LogP) is 1.66. The molecule has 2 rings (SSSR count). The molecule has 8 heteroatoms. The number of hydrogen-bond acceptors (Lipinski definition) is 5. The molecule has 2 unspecified atom stereocenters. The number of amides is 1. The third-order valence-electron chi connectivity index (χ3n) is 4.26. The summed E-state index contributed by atoms with van der Waals surface area (Å²) in [5.41, 5.74) is 0.594. The Hall–Kier alpha value is -2.22. The van der Waals surface area contributed by atoms with Gasteiger partial charge in [0.1, 0.15) is 11.5 Å². The first kappa shape index (κ1) is 19.1. The van der Waals surface area contributed by atoms with E-state index in [2.05, 4.69) is 0 Å². The van der Waals surface area contributed by atoms with E-state index in [1.807, 2.05) is 13.8 Å². The van der Waals surface area contributed by atoms with Crippen molar-refractivity contribution in [2.45, 2.75) is 38.6 Å². The second-order valence-corrected chi connectivity index (χ2v) is 6.48. The van der Waals surface area contributed by atoms with Gasteiger partial charge in [0, 0.05) is 11.6 Å². The van der Waals surface area contributed by atoms with Gasteiger partial charge in [-0.1, -0.05) is 13.8 Å². The van der Waals surface area contributed by atoms with Gasteiger partial charge in [-0.15, -0.1) is 0 Å². The first-order valence-corrected chi connectivity index (χ1v) is 8.19. The van der Waals surface area contributed by atoms with Gasteiger partial charge < -0.3 is 24.2 Å². The zero-order valence-corrected chi connectivity index (χ0v) is 15.2. The maximum atomic E-state index is 12.3. The number of benzene rings is 1. The maximum Gasteiger partial charge on any atom is 0.335 e. The van der Waals surface area contributed by atoms with Gasteiger partial charge in [-0.05, 0) is 24.5 Å². The number of carbonyl (C=O) groups excluding carboxylic acids is 1. The number of nitrogens with zero attached hydrogens (tertiary/aromatic N) is 1. The molecule has 1 amide bonds. The Bertz CT molecular complexity index is 650. The van der Waals surface area contributed by atoms with Gasteiger partial charge in [-0.25, -0.2) is 4.79 Å². The van der Waals surface area contributed by atoms with E-state index in [-0.39, 0.29) is 11.7 Å². The fourth-order valence-corrected chi connectivity index (χ4v) is 3.20. The van der Waals surface area contributed by atoms with Crippen molar-refractivity contribution in [1.82, 2.24) is 4.90 Å². The van der Waals surface area contributed by atoms with E-state index >= 15 is 0 Å². The average Bonchev–Trinajstić information content (AvgIpc) is 2.92. The smallest absolute Gasteiger partial charge is 0.335 e. The highest BCUT2D eigenvalue weighted by atomic mass is 16.6. The average molecular weight is 349 g/mol. The van der Waals surface area contributed by atoms with E-state index in [4.69, 9.17) is 14.2 Å². The van der Waals surface area contributed by atoms with E-state index in [1.165, 1.54) is 19.9 Å². The van der Waals surface area contributed by atoms with Crippen LogP contribution in [0.5, 0.6) is 11.5 Å². The third kappa shape index (κ3) is 3.90. The second-order valence-electron chi connectivity index (χ2n) is 6.48. The lowest BCUT2D eigenvalue weighted by molar-refractivity contribution is -0.150. The Kier molecular flexibility index (Phi) is 5.95. The molecule has 7 nitrogen and oxygen atoms in total. The van der Waals surface area contributed by atoms with Crippen LogP contribution < -0.4 is 9.47 Å². The number of ether oxygens (including phenoxy) is 3. The van der Waals surface area contributed by atoms with Crippen molar-refractivity contribution in [2.75, 3.05) is 14.2 Å². The number of carbonyl (C=O) groups is 2. The van der Waals surface area contributed by atoms with Crippen molar-refractivity contribution < 1.29 is 28.9 Å². The molecule has 1 fully saturated rings. The Morgan fingerprint density at radius 2 is 2.00 bits per heavy atom. The summed E-state index contributed by atoms with van der Waals surface area (Å²) in [6, 6.07) is 4.61. The molecule has 1 N–H and O–H groups in total. The molecular formula is C17H24BNO6. The largest absolute Gasteiger partial charge is 0.497 e. The Morgan fingerprint density at radius 3 is 2.48 bits per heavy atom. The fraction of sp³-hybridized carbons (Fsp3) is 0.529. The van der Waals surface area contributed by atoms with Crippen LogP contribution in [-0.2, 0) is 9.53 Å². The maximum absolute atomic E-state index is 12.3. The van der Waals surface area contributed by atoms with Crippen LogP contribution in [-0.4, -0.2) is 56.0 Å². The van der Waals surface area contributed by atoms with Crippen molar-refractivity contribution in [1.29, 1.82) is 0 Å². The molecule has 3 atom stereocenters. The van der Waals surface area contributed by atoms with Crippen LogP contribution >= 0.6 is 0 Å². The van der Waals surface area contributed by atoms with Crippen molar-refractivity contribution in [3.05, 3.63) is 23.8 Å². The summed E-state index contributed by atoms with van der Waals surface area (Å²) in [6.07, 6.45) is -1.36. The summed E-state index contributed by atoms with van der Waals surface area (Å²) in [6.45, 7) is 3.97. The van der Waals surface area contributed by atoms with Crippen molar-refractivity contribution >= 4 is 19.6 Å². The highest BCUT2D eigenvalue weighted by Gasteiger charge is 2.48. The Labute approximate surface area is 148 Å². The van der Waals surface area contributed by atoms with Gasteiger partial charge in [0.25, 0.3) is 0 Å². The molecule has 0 radical (unpaired) electrons. The van der Waals surface area contributed by atoms with Crippen LogP contribution in [0, 0.1) is 5.92 Å². The van der Waals surface area contributed by atoms with Gasteiger partial charge in [0.2, 0.25) is 7.85 Å². The molecule has 25 heavy (non-hydrogen) atoms. The lowest BCUT2D eigenvalue weighted by atomic mass is 9.95. The minimum absolute atomic E-state index is 0.216. The van der Waals surface area contributed by atoms with Crippen LogP contribution in [0.3, 0.4) is 0 Å². The molecule has 0 saturated carbocycles. The van der Waals surface area contributed by atoms with E-state index in [0.29, 0.717) is 23.5 Å². The predicted molar refractivity (Wildman–Crippen MR) is 93.8 cm³/mol. The molecule has 1 aromatic carbocycles. The zero-order valence-electron chi connectivity index (χ0n) is 15.2. The first-order valence-electron chi connectivity index (χ1n) is 8.19. The fourth-order valence-electron chi connectivity index (χ4n) is 3.20. The van der Waals surface area contributed by atoms with Gasteiger partial charge in [-0.3, -0.25) is 4.79 Å². The topological polar surface area (TPSA) is 85.3 Å². The van der Waals surface area contributed by atoms with E-state index < -0.39 is 24.3 Å². The van der Waals surface area contributed by atoms with Crippen LogP contribution in [0.1, 0.15) is 32.1 Å². The molecule has 0 aromatic heterocycles. The van der Waals surface area contributed by atoms with Crippen LogP contribution in [0.25, 0.3) is 0 Å². The monoisotopic (exact) mass is 349 g/mol. The molecule has 1 aromatic rings. The standard InChI is InChI=1S/C17H24BNO6/c1-9(2)7-12-14(16(20)21)25-15(19(12)17(18)22)11-6-5-10(23-3)8-13(11)24-4/h5-6,8-9,12,14-15H,7,18H2,1-4H3,(H,20,21)/t12-,14?,15?/m0/s1. The van der Waals surface area contributed by atoms with Gasteiger partial charge in [-0.2, -0.15) is 0 Å². The molecule has 0 aliphatic carbocycles. The molecule has 1 heterocycles. The van der Waals surface area contributed by atoms with E-state index in [0.717, 1.165) is 0 Å². The summed E-state index contributed by atoms with van der Waals surface area (Å²) in [5, 5.41) is 9.56. The summed E-state index contributed by atoms with van der Waals surface area (Å²) >= 11 is 0. The molecule has 0 spiro atoms. The minimum Gasteiger partial charge on any atom is -0.497 e. The van der Waals surface area contributed by atoms with Crippen LogP contribution in [0.15, 0.2) is 18.2 Å². The lowest BCUT2D eigenvalue weighted by Gasteiger charge is -2.29. The zero-order chi connectivity index (χ0) is 18.7. The highest BCUT2D eigenvalue weighted by molar-refractivity contribution is 6.57. The summed E-state index contributed by atoms with van der Waals surface area (Å²) < 4.78 is 16.4. The third-order valence-corrected chi connectivity index (χ3v) is 4.26. The lowest BCUT2D eigenvalue weighted by Crippen LogP contribution is -2.43.